The third-order valence-corrected chi connectivity index (χ3v) is 13.6. The number of esters is 2. The minimum atomic E-state index is -0.570. The van der Waals surface area contributed by atoms with Crippen molar-refractivity contribution in [2.45, 2.75) is 51.4 Å². The largest absolute Gasteiger partial charge is 0.466 e. The number of ketones is 2. The molecule has 6 aliphatic rings. The van der Waals surface area contributed by atoms with Crippen LogP contribution in [0.2, 0.25) is 0 Å². The Kier molecular flexibility index (Phi) is 18.7. The number of carbonyl (C=O) groups excluding carboxylic acids is 8. The molecule has 0 saturated heterocycles. The second kappa shape index (κ2) is 25.3. The van der Waals surface area contributed by atoms with Gasteiger partial charge in [0.15, 0.2) is 0 Å². The van der Waals surface area contributed by atoms with Gasteiger partial charge in [0.1, 0.15) is 0 Å². The Morgan fingerprint density at radius 1 is 0.474 bits per heavy atom. The van der Waals surface area contributed by atoms with Crippen LogP contribution in [0.15, 0.2) is 144 Å². The summed E-state index contributed by atoms with van der Waals surface area (Å²) in [7, 11) is 7.50. The molecule has 12 rings (SSSR count). The van der Waals surface area contributed by atoms with Crippen LogP contribution in [0.3, 0.4) is 0 Å². The summed E-state index contributed by atoms with van der Waals surface area (Å²) in [6, 6.07) is 38.0. The molecule has 0 fully saturated rings. The first-order valence-corrected chi connectivity index (χ1v) is 26.0. The van der Waals surface area contributed by atoms with E-state index in [1.54, 1.807) is 43.3 Å². The van der Waals surface area contributed by atoms with E-state index < -0.39 is 11.6 Å². The summed E-state index contributed by atoms with van der Waals surface area (Å²) in [4.78, 5) is 84.1. The highest BCUT2D eigenvalue weighted by Crippen LogP contribution is 2.58. The van der Waals surface area contributed by atoms with Gasteiger partial charge in [-0.2, -0.15) is 19.2 Å². The molecule has 6 aliphatic carbocycles. The lowest BCUT2D eigenvalue weighted by Crippen LogP contribution is -2.32. The summed E-state index contributed by atoms with van der Waals surface area (Å²) in [5.74, 6) is 15.9. The molecule has 0 saturated carbocycles. The van der Waals surface area contributed by atoms with Crippen LogP contribution in [0.4, 0.5) is 0 Å². The van der Waals surface area contributed by atoms with Gasteiger partial charge in [-0.15, -0.1) is 36.6 Å². The van der Waals surface area contributed by atoms with Gasteiger partial charge in [-0.25, -0.2) is 9.59 Å². The Bertz CT molecular complexity index is 3720. The lowest BCUT2D eigenvalue weighted by atomic mass is 9.59. The Balaban J connectivity index is 0.000000240. The average Bonchev–Trinajstić information content (AvgIpc) is 3.50. The van der Waals surface area contributed by atoms with Gasteiger partial charge < -0.3 is 9.47 Å². The molecule has 6 unspecified atom stereocenters. The summed E-state index contributed by atoms with van der Waals surface area (Å²) < 4.78 is 10.3. The Labute approximate surface area is 446 Å². The standard InChI is InChI=1S/C39H28O4.C23H16O2.2CO2.H4P2/c1-5-10-26-19-20-27(18-17-25-12-9-14-29(22-25)38(41)37(40)28-13-8-11-23(2)21-28)34-32-24(3)33(39(42)43-4)36(35(26)34)31-16-7-6-15-30(31)32;1-5-14-11-12-15(6-2)21-20(14)18-13(3)19(23(24)25-4)22(21)17-10-8-7-9-16(17)18;2*2-1-3;1-2/h6-9,11-16,19-22,32,36H,1-4H3;1-2,7-12,18,22H,3-4H3;;;1-2H2. The topological polar surface area (TPSA) is 155 Å². The molecule has 0 aromatic heterocycles. The molecule has 6 aromatic rings. The van der Waals surface area contributed by atoms with Crippen molar-refractivity contribution in [3.63, 3.8) is 0 Å². The maximum Gasteiger partial charge on any atom is 0.373 e. The number of rotatable bonds is 5. The normalized spacial score (nSPS) is 15.6. The molecule has 0 radical (unpaired) electrons. The maximum absolute atomic E-state index is 13.1. The molecule has 4 bridgehead atoms. The molecule has 0 amide bonds. The zero-order chi connectivity index (χ0) is 55.4. The van der Waals surface area contributed by atoms with Crippen molar-refractivity contribution in [1.29, 1.82) is 0 Å². The van der Waals surface area contributed by atoms with E-state index in [1.807, 2.05) is 81.4 Å². The lowest BCUT2D eigenvalue weighted by molar-refractivity contribution is -0.193. The van der Waals surface area contributed by atoms with E-state index in [0.29, 0.717) is 27.8 Å². The first-order valence-electron chi connectivity index (χ1n) is 23.4. The number of aryl methyl sites for hydroxylation is 1. The van der Waals surface area contributed by atoms with E-state index >= 15 is 0 Å². The van der Waals surface area contributed by atoms with Crippen LogP contribution in [0.25, 0.3) is 0 Å². The van der Waals surface area contributed by atoms with Crippen LogP contribution in [0.1, 0.15) is 143 Å². The predicted molar refractivity (Wildman–Crippen MR) is 293 cm³/mol. The van der Waals surface area contributed by atoms with Crippen LogP contribution < -0.4 is 0 Å². The fourth-order valence-electron chi connectivity index (χ4n) is 10.8. The van der Waals surface area contributed by atoms with E-state index in [2.05, 4.69) is 77.6 Å². The van der Waals surface area contributed by atoms with Gasteiger partial charge >= 0.3 is 24.2 Å². The second-order valence-corrected chi connectivity index (χ2v) is 17.3. The smallest absolute Gasteiger partial charge is 0.373 e. The molecule has 12 heteroatoms. The maximum atomic E-state index is 13.1. The van der Waals surface area contributed by atoms with E-state index in [9.17, 15) is 19.2 Å². The highest BCUT2D eigenvalue weighted by atomic mass is 32.0. The van der Waals surface area contributed by atoms with Crippen molar-refractivity contribution in [3.05, 3.63) is 233 Å². The Morgan fingerprint density at radius 3 is 1.26 bits per heavy atom. The van der Waals surface area contributed by atoms with E-state index in [-0.39, 0.29) is 47.9 Å². The van der Waals surface area contributed by atoms with E-state index in [4.69, 9.17) is 41.5 Å². The van der Waals surface area contributed by atoms with Crippen molar-refractivity contribution >= 4 is 53.7 Å². The quantitative estimate of drug-likeness (QED) is 0.0536. The number of allylic oxidation sites excluding steroid dienone is 2. The molecule has 0 spiro atoms. The van der Waals surface area contributed by atoms with Gasteiger partial charge in [0.2, 0.25) is 11.6 Å². The van der Waals surface area contributed by atoms with Gasteiger partial charge in [-0.05, 0) is 126 Å². The Hall–Kier alpha value is -9.06. The number of carbonyl (C=O) groups is 4. The van der Waals surface area contributed by atoms with Gasteiger partial charge in [0.05, 0.1) is 14.2 Å². The molecular weight excluding hydrogens is 991 g/mol. The molecule has 374 valence electrons. The lowest BCUT2D eigenvalue weighted by Gasteiger charge is -2.43. The minimum Gasteiger partial charge on any atom is -0.466 e. The molecule has 76 heavy (non-hydrogen) atoms. The fraction of sp³-hybridized carbons (Fsp3) is 0.156. The first kappa shape index (κ1) is 56.2. The van der Waals surface area contributed by atoms with Gasteiger partial charge in [-0.3, -0.25) is 9.59 Å². The summed E-state index contributed by atoms with van der Waals surface area (Å²) in [5, 5.41) is 0. The third-order valence-electron chi connectivity index (χ3n) is 13.6. The highest BCUT2D eigenvalue weighted by molar-refractivity contribution is 7.92. The van der Waals surface area contributed by atoms with Gasteiger partial charge in [0.25, 0.3) is 0 Å². The summed E-state index contributed by atoms with van der Waals surface area (Å²) in [5.41, 5.74) is 17.4. The SMILES string of the molecule is C#Cc1ccc(C#C)c2c1C1C(C)=C(C(=O)OC)C2c2ccccc21.CC#Cc1ccc(C#Cc2cccc(C(=O)C(=O)c3cccc(C)c3)c2)c2c1C1C(C(=O)OC)=C(C)C2c2ccccc21.O=C=O.O=C=O.PP. The molecule has 10 nitrogen and oxygen atoms in total. The van der Waals surface area contributed by atoms with Crippen LogP contribution in [-0.4, -0.2) is 50.0 Å². The van der Waals surface area contributed by atoms with Crippen molar-refractivity contribution in [1.82, 2.24) is 0 Å². The minimum absolute atomic E-state index is 0.0651. The number of methoxy groups -OCH3 is 2. The summed E-state index contributed by atoms with van der Waals surface area (Å²) in [6.45, 7) is 7.68. The van der Waals surface area contributed by atoms with Crippen LogP contribution in [0.5, 0.6) is 0 Å². The first-order chi connectivity index (χ1) is 36.8. The van der Waals surface area contributed by atoms with Crippen molar-refractivity contribution in [2.75, 3.05) is 14.2 Å². The molecule has 0 heterocycles. The summed E-state index contributed by atoms with van der Waals surface area (Å²) >= 11 is 0. The van der Waals surface area contributed by atoms with Crippen molar-refractivity contribution < 1.29 is 47.8 Å². The number of ether oxygens (including phenoxy) is 2. The van der Waals surface area contributed by atoms with Crippen LogP contribution in [0, 0.1) is 55.3 Å². The van der Waals surface area contributed by atoms with Gasteiger partial charge in [0, 0.05) is 73.8 Å². The zero-order valence-corrected chi connectivity index (χ0v) is 44.6. The molecule has 0 aliphatic heterocycles. The van der Waals surface area contributed by atoms with Crippen LogP contribution in [-0.2, 0) is 38.2 Å². The number of Topliss-reactive ketones (excluding diaryl/α,β-unsaturated/α-hetero) is 2. The van der Waals surface area contributed by atoms with Gasteiger partial charge in [-0.1, -0.05) is 114 Å². The highest BCUT2D eigenvalue weighted by Gasteiger charge is 2.47. The fourth-order valence-corrected chi connectivity index (χ4v) is 10.8. The number of hydrogen-bond acceptors (Lipinski definition) is 10. The predicted octanol–water partition coefficient (Wildman–Crippen LogP) is 10.1. The average molecular weight is 1040 g/mol. The van der Waals surface area contributed by atoms with Crippen LogP contribution >= 0.6 is 17.9 Å². The number of benzene rings is 6. The second-order valence-electron chi connectivity index (χ2n) is 17.3. The molecule has 6 atom stereocenters. The molecule has 0 N–H and O–H groups in total. The Morgan fingerprint density at radius 2 is 0.842 bits per heavy atom. The van der Waals surface area contributed by atoms with Crippen molar-refractivity contribution in [3.8, 4) is 48.4 Å². The molecule has 6 aromatic carbocycles. The van der Waals surface area contributed by atoms with Crippen molar-refractivity contribution in [2.24, 2.45) is 0 Å². The molecular formula is C64H48O10P2. The monoisotopic (exact) mass is 1040 g/mol. The zero-order valence-electron chi connectivity index (χ0n) is 42.2. The summed E-state index contributed by atoms with van der Waals surface area (Å²) in [6.07, 6.45) is 12.0. The third kappa shape index (κ3) is 10.5. The van der Waals surface area contributed by atoms with E-state index in [1.165, 1.54) is 19.8 Å². The van der Waals surface area contributed by atoms with E-state index in [0.717, 1.165) is 77.9 Å². The number of terminal acetylenes is 2. The number of hydrogen-bond donors (Lipinski definition) is 0.